The van der Waals surface area contributed by atoms with Crippen molar-refractivity contribution < 1.29 is 0 Å². The fourth-order valence-electron chi connectivity index (χ4n) is 1.55. The molecule has 0 fully saturated rings. The summed E-state index contributed by atoms with van der Waals surface area (Å²) in [7, 11) is 0. The smallest absolute Gasteiger partial charge is 0.0256 e. The first kappa shape index (κ1) is 14.2. The van der Waals surface area contributed by atoms with Gasteiger partial charge in [-0.05, 0) is 25.0 Å². The molecule has 2 aromatic carbocycles. The zero-order valence-electron chi connectivity index (χ0n) is 11.8. The summed E-state index contributed by atoms with van der Waals surface area (Å²) in [5, 5.41) is 0. The van der Waals surface area contributed by atoms with Gasteiger partial charge < -0.3 is 0 Å². The Bertz CT molecular complexity index is 425. The summed E-state index contributed by atoms with van der Waals surface area (Å²) in [5.74, 6) is 0. The van der Waals surface area contributed by atoms with E-state index in [-0.39, 0.29) is 0 Å². The molecule has 0 aliphatic rings. The molecule has 0 nitrogen and oxygen atoms in total. The quantitative estimate of drug-likeness (QED) is 0.606. The van der Waals surface area contributed by atoms with Crippen molar-refractivity contribution in [2.24, 2.45) is 0 Å². The maximum absolute atomic E-state index is 2.14. The third-order valence-corrected chi connectivity index (χ3v) is 2.62. The second kappa shape index (κ2) is 7.50. The van der Waals surface area contributed by atoms with Gasteiger partial charge in [0, 0.05) is 0 Å². The molecular formula is C18H22. The highest BCUT2D eigenvalue weighted by molar-refractivity contribution is 5.69. The zero-order chi connectivity index (χ0) is 13.4. The van der Waals surface area contributed by atoms with E-state index >= 15 is 0 Å². The Labute approximate surface area is 111 Å². The van der Waals surface area contributed by atoms with Crippen LogP contribution in [-0.4, -0.2) is 0 Å². The van der Waals surface area contributed by atoms with Gasteiger partial charge in [-0.1, -0.05) is 85.7 Å². The summed E-state index contributed by atoms with van der Waals surface area (Å²) in [6.45, 7) is 8.21. The first-order chi connectivity index (χ1) is 8.74. The second-order valence-corrected chi connectivity index (χ2v) is 4.15. The fourth-order valence-corrected chi connectivity index (χ4v) is 1.55. The van der Waals surface area contributed by atoms with E-state index in [4.69, 9.17) is 0 Å². The largest absolute Gasteiger partial charge is 0.0683 e. The van der Waals surface area contributed by atoms with E-state index in [0.29, 0.717) is 0 Å². The van der Waals surface area contributed by atoms with Crippen molar-refractivity contribution in [3.05, 3.63) is 70.8 Å². The molecule has 94 valence electrons. The molecule has 0 atom stereocenters. The lowest BCUT2D eigenvalue weighted by atomic mass is 10.1. The van der Waals surface area contributed by atoms with E-state index in [9.17, 15) is 0 Å². The second-order valence-electron chi connectivity index (χ2n) is 4.15. The van der Waals surface area contributed by atoms with Crippen LogP contribution in [0.4, 0.5) is 0 Å². The topological polar surface area (TPSA) is 0 Å². The Morgan fingerprint density at radius 2 is 0.833 bits per heavy atom. The third kappa shape index (κ3) is 4.58. The van der Waals surface area contributed by atoms with Crippen LogP contribution in [0.15, 0.2) is 48.5 Å². The molecule has 0 heteroatoms. The van der Waals surface area contributed by atoms with E-state index in [1.54, 1.807) is 0 Å². The first-order valence-corrected chi connectivity index (χ1v) is 6.55. The molecule has 0 amide bonds. The maximum atomic E-state index is 2.14. The highest BCUT2D eigenvalue weighted by atomic mass is 13.9. The van der Waals surface area contributed by atoms with Crippen LogP contribution in [0.1, 0.15) is 36.1 Å². The minimum Gasteiger partial charge on any atom is -0.0683 e. The number of hydrogen-bond donors (Lipinski definition) is 0. The van der Waals surface area contributed by atoms with Crippen molar-refractivity contribution in [2.75, 3.05) is 0 Å². The first-order valence-electron chi connectivity index (χ1n) is 6.55. The van der Waals surface area contributed by atoms with Gasteiger partial charge in [-0.25, -0.2) is 0 Å². The minimum atomic E-state index is 1.24. The van der Waals surface area contributed by atoms with Crippen LogP contribution < -0.4 is 0 Å². The number of aryl methyl sites for hydroxylation is 2. The minimum absolute atomic E-state index is 1.24. The molecule has 0 unspecified atom stereocenters. The zero-order valence-corrected chi connectivity index (χ0v) is 11.8. The van der Waals surface area contributed by atoms with Crippen molar-refractivity contribution in [2.45, 2.75) is 27.7 Å². The van der Waals surface area contributed by atoms with Crippen LogP contribution >= 0.6 is 0 Å². The average molecular weight is 238 g/mol. The van der Waals surface area contributed by atoms with Crippen LogP contribution in [0, 0.1) is 13.8 Å². The lowest BCUT2D eigenvalue weighted by Crippen LogP contribution is -1.75. The average Bonchev–Trinajstić information content (AvgIpc) is 2.42. The molecule has 18 heavy (non-hydrogen) atoms. The maximum Gasteiger partial charge on any atom is -0.0256 e. The monoisotopic (exact) mass is 238 g/mol. The van der Waals surface area contributed by atoms with E-state index in [2.05, 4.69) is 74.5 Å². The van der Waals surface area contributed by atoms with Crippen molar-refractivity contribution in [3.8, 4) is 0 Å². The van der Waals surface area contributed by atoms with Crippen LogP contribution in [0.5, 0.6) is 0 Å². The van der Waals surface area contributed by atoms with Gasteiger partial charge in [0.05, 0.1) is 0 Å². The van der Waals surface area contributed by atoms with Gasteiger partial charge >= 0.3 is 0 Å². The molecule has 0 saturated heterocycles. The highest BCUT2D eigenvalue weighted by Gasteiger charge is 1.88. The van der Waals surface area contributed by atoms with Crippen molar-refractivity contribution in [1.29, 1.82) is 0 Å². The molecule has 2 rings (SSSR count). The summed E-state index contributed by atoms with van der Waals surface area (Å²) in [5.41, 5.74) is 5.08. The molecular weight excluding hydrogens is 216 g/mol. The fraction of sp³-hybridized carbons (Fsp3) is 0.222. The highest BCUT2D eigenvalue weighted by Crippen LogP contribution is 2.10. The molecule has 0 N–H and O–H groups in total. The standard InChI is InChI=1S/C16H16.C2H6/c1-13-3-7-15(8-4-13)11-12-16-9-5-14(2)6-10-16;1-2/h3-12H,1-2H3;1-2H3/b12-11+;. The molecule has 0 heterocycles. The summed E-state index contributed by atoms with van der Waals surface area (Å²) in [6, 6.07) is 17.1. The number of hydrogen-bond acceptors (Lipinski definition) is 0. The molecule has 0 spiro atoms. The molecule has 2 aromatic rings. The van der Waals surface area contributed by atoms with Crippen LogP contribution in [0.25, 0.3) is 12.2 Å². The van der Waals surface area contributed by atoms with Crippen molar-refractivity contribution in [3.63, 3.8) is 0 Å². The van der Waals surface area contributed by atoms with Gasteiger partial charge in [-0.15, -0.1) is 0 Å². The summed E-state index contributed by atoms with van der Waals surface area (Å²) in [4.78, 5) is 0. The van der Waals surface area contributed by atoms with Gasteiger partial charge in [-0.2, -0.15) is 0 Å². The van der Waals surface area contributed by atoms with Gasteiger partial charge in [0.25, 0.3) is 0 Å². The predicted molar refractivity (Wildman–Crippen MR) is 82.6 cm³/mol. The summed E-state index contributed by atoms with van der Waals surface area (Å²) < 4.78 is 0. The van der Waals surface area contributed by atoms with Gasteiger partial charge in [0.2, 0.25) is 0 Å². The van der Waals surface area contributed by atoms with Crippen LogP contribution in [-0.2, 0) is 0 Å². The molecule has 0 bridgehead atoms. The van der Waals surface area contributed by atoms with E-state index in [1.807, 2.05) is 13.8 Å². The Morgan fingerprint density at radius 3 is 1.11 bits per heavy atom. The van der Waals surface area contributed by atoms with Gasteiger partial charge in [-0.3, -0.25) is 0 Å². The Balaban J connectivity index is 0.000000771. The lowest BCUT2D eigenvalue weighted by molar-refractivity contribution is 1.46. The van der Waals surface area contributed by atoms with Crippen LogP contribution in [0.3, 0.4) is 0 Å². The molecule has 0 aromatic heterocycles. The summed E-state index contributed by atoms with van der Waals surface area (Å²) in [6.07, 6.45) is 4.29. The molecule has 0 aliphatic carbocycles. The Morgan fingerprint density at radius 1 is 0.556 bits per heavy atom. The Kier molecular flexibility index (Phi) is 5.93. The van der Waals surface area contributed by atoms with Crippen molar-refractivity contribution in [1.82, 2.24) is 0 Å². The van der Waals surface area contributed by atoms with E-state index in [0.717, 1.165) is 0 Å². The number of benzene rings is 2. The van der Waals surface area contributed by atoms with Crippen LogP contribution in [0.2, 0.25) is 0 Å². The van der Waals surface area contributed by atoms with E-state index < -0.39 is 0 Å². The third-order valence-electron chi connectivity index (χ3n) is 2.62. The SMILES string of the molecule is CC.Cc1ccc(/C=C/c2ccc(C)cc2)cc1. The van der Waals surface area contributed by atoms with Gasteiger partial charge in [0.1, 0.15) is 0 Å². The van der Waals surface area contributed by atoms with Gasteiger partial charge in [0.15, 0.2) is 0 Å². The Hall–Kier alpha value is -1.82. The normalized spacial score (nSPS) is 10.0. The molecule has 0 aliphatic heterocycles. The molecule has 0 saturated carbocycles. The van der Waals surface area contributed by atoms with E-state index in [1.165, 1.54) is 22.3 Å². The van der Waals surface area contributed by atoms with Crippen molar-refractivity contribution >= 4 is 12.2 Å². The molecule has 0 radical (unpaired) electrons. The predicted octanol–water partition coefficient (Wildman–Crippen LogP) is 5.50. The lowest BCUT2D eigenvalue weighted by Gasteiger charge is -1.96. The summed E-state index contributed by atoms with van der Waals surface area (Å²) >= 11 is 0. The number of rotatable bonds is 2.